The van der Waals surface area contributed by atoms with Crippen LogP contribution in [0.4, 0.5) is 4.79 Å². The second-order valence-corrected chi connectivity index (χ2v) is 1.93. The summed E-state index contributed by atoms with van der Waals surface area (Å²) in [6, 6.07) is 0. The van der Waals surface area contributed by atoms with Gasteiger partial charge in [0.15, 0.2) is 0 Å². The number of rotatable bonds is 1. The summed E-state index contributed by atoms with van der Waals surface area (Å²) in [6.07, 6.45) is -1.27. The van der Waals surface area contributed by atoms with E-state index in [-0.39, 0.29) is 5.57 Å². The predicted molar refractivity (Wildman–Crippen MR) is 35.6 cm³/mol. The molecule has 4 heteroatoms. The molecular weight excluding hydrogens is 134 g/mol. The lowest BCUT2D eigenvalue weighted by atomic mass is 10.3. The van der Waals surface area contributed by atoms with Crippen molar-refractivity contribution in [3.63, 3.8) is 0 Å². The highest BCUT2D eigenvalue weighted by Crippen LogP contribution is 1.94. The molecule has 0 radical (unpaired) electrons. The summed E-state index contributed by atoms with van der Waals surface area (Å²) in [5.41, 5.74) is 0.213. The Morgan fingerprint density at radius 2 is 1.90 bits per heavy atom. The summed E-state index contributed by atoms with van der Waals surface area (Å²) in [5, 5.41) is 8.27. The van der Waals surface area contributed by atoms with E-state index in [1.807, 2.05) is 0 Å². The molecule has 10 heavy (non-hydrogen) atoms. The largest absolute Gasteiger partial charge is 0.465 e. The molecule has 4 nitrogen and oxygen atoms in total. The fraction of sp³-hybridized carbons (Fsp3) is 0.333. The normalized spacial score (nSPS) is 8.60. The van der Waals surface area contributed by atoms with E-state index in [9.17, 15) is 9.59 Å². The molecule has 0 fully saturated rings. The molecule has 0 heterocycles. The number of carboxylic acid groups (broad SMARTS) is 1. The summed E-state index contributed by atoms with van der Waals surface area (Å²) in [4.78, 5) is 21.4. The van der Waals surface area contributed by atoms with Gasteiger partial charge in [-0.05, 0) is 6.92 Å². The van der Waals surface area contributed by atoms with Gasteiger partial charge < -0.3 is 5.11 Å². The Balaban J connectivity index is 4.22. The molecule has 0 atom stereocenters. The molecule has 0 aromatic rings. The molecule has 0 aliphatic rings. The first-order valence-electron chi connectivity index (χ1n) is 2.63. The van der Waals surface area contributed by atoms with E-state index in [1.165, 1.54) is 14.0 Å². The second-order valence-electron chi connectivity index (χ2n) is 1.93. The van der Waals surface area contributed by atoms with Crippen LogP contribution in [-0.4, -0.2) is 29.1 Å². The number of hydrogen-bond acceptors (Lipinski definition) is 2. The molecule has 0 aliphatic carbocycles. The van der Waals surface area contributed by atoms with Gasteiger partial charge in [-0.2, -0.15) is 0 Å². The van der Waals surface area contributed by atoms with Crippen molar-refractivity contribution in [3.8, 4) is 0 Å². The van der Waals surface area contributed by atoms with Gasteiger partial charge in [0, 0.05) is 12.6 Å². The number of likely N-dealkylation sites (N-methyl/N-ethyl adjacent to an activating group) is 1. The Hall–Kier alpha value is -1.32. The van der Waals surface area contributed by atoms with Gasteiger partial charge in [-0.3, -0.25) is 4.79 Å². The van der Waals surface area contributed by atoms with Crippen LogP contribution >= 0.6 is 0 Å². The quantitative estimate of drug-likeness (QED) is 0.549. The minimum Gasteiger partial charge on any atom is -0.465 e. The summed E-state index contributed by atoms with van der Waals surface area (Å²) in [6.45, 7) is 4.76. The molecule has 0 aromatic heterocycles. The molecule has 56 valence electrons. The maximum atomic E-state index is 10.7. The van der Waals surface area contributed by atoms with Crippen molar-refractivity contribution < 1.29 is 14.7 Å². The summed E-state index contributed by atoms with van der Waals surface area (Å²) >= 11 is 0. The standard InChI is InChI=1S/C6H9NO3/c1-4(2)5(8)7(3)6(9)10/h1H2,2-3H3,(H,9,10). The SMILES string of the molecule is C=C(C)C(=O)N(C)C(=O)O. The van der Waals surface area contributed by atoms with Crippen LogP contribution in [0, 0.1) is 0 Å². The highest BCUT2D eigenvalue weighted by Gasteiger charge is 2.14. The molecule has 0 spiro atoms. The Kier molecular flexibility index (Phi) is 2.61. The molecule has 0 unspecified atom stereocenters. The fourth-order valence-electron chi connectivity index (χ4n) is 0.373. The number of amides is 2. The average molecular weight is 143 g/mol. The Morgan fingerprint density at radius 3 is 2.00 bits per heavy atom. The van der Waals surface area contributed by atoms with Crippen molar-refractivity contribution >= 4 is 12.0 Å². The molecule has 0 aliphatic heterocycles. The van der Waals surface area contributed by atoms with E-state index < -0.39 is 12.0 Å². The number of carbonyl (C=O) groups is 2. The van der Waals surface area contributed by atoms with Gasteiger partial charge in [0.1, 0.15) is 0 Å². The average Bonchev–Trinajstić information content (AvgIpc) is 1.84. The number of imide groups is 1. The first-order valence-corrected chi connectivity index (χ1v) is 2.63. The van der Waals surface area contributed by atoms with Crippen molar-refractivity contribution in [2.24, 2.45) is 0 Å². The van der Waals surface area contributed by atoms with Gasteiger partial charge in [-0.25, -0.2) is 9.69 Å². The third kappa shape index (κ3) is 1.89. The molecule has 0 aromatic carbocycles. The summed E-state index contributed by atoms with van der Waals surface area (Å²) in [5.74, 6) is -0.576. The summed E-state index contributed by atoms with van der Waals surface area (Å²) in [7, 11) is 1.18. The van der Waals surface area contributed by atoms with Crippen LogP contribution in [0.5, 0.6) is 0 Å². The monoisotopic (exact) mass is 143 g/mol. The van der Waals surface area contributed by atoms with Crippen LogP contribution in [-0.2, 0) is 4.79 Å². The molecule has 0 bridgehead atoms. The molecule has 2 amide bonds. The first kappa shape index (κ1) is 8.68. The lowest BCUT2D eigenvalue weighted by Crippen LogP contribution is -2.31. The highest BCUT2D eigenvalue weighted by atomic mass is 16.4. The van der Waals surface area contributed by atoms with Gasteiger partial charge in [0.2, 0.25) is 0 Å². The van der Waals surface area contributed by atoms with E-state index in [0.29, 0.717) is 4.90 Å². The fourth-order valence-corrected chi connectivity index (χ4v) is 0.373. The van der Waals surface area contributed by atoms with E-state index in [2.05, 4.69) is 6.58 Å². The number of carbonyl (C=O) groups excluding carboxylic acids is 1. The number of nitrogens with zero attached hydrogens (tertiary/aromatic N) is 1. The zero-order valence-electron chi connectivity index (χ0n) is 5.92. The minimum atomic E-state index is -1.27. The third-order valence-corrected chi connectivity index (χ3v) is 0.957. The predicted octanol–water partition coefficient (Wildman–Crippen LogP) is 0.699. The van der Waals surface area contributed by atoms with Gasteiger partial charge >= 0.3 is 6.09 Å². The maximum absolute atomic E-state index is 10.7. The highest BCUT2D eigenvalue weighted by molar-refractivity contribution is 6.00. The van der Waals surface area contributed by atoms with Crippen LogP contribution in [0.1, 0.15) is 6.92 Å². The molecule has 0 saturated heterocycles. The second kappa shape index (κ2) is 3.00. The zero-order chi connectivity index (χ0) is 8.31. The van der Waals surface area contributed by atoms with Crippen LogP contribution in [0.25, 0.3) is 0 Å². The van der Waals surface area contributed by atoms with Crippen LogP contribution in [0.3, 0.4) is 0 Å². The van der Waals surface area contributed by atoms with Crippen molar-refractivity contribution in [3.05, 3.63) is 12.2 Å². The topological polar surface area (TPSA) is 57.6 Å². The smallest absolute Gasteiger partial charge is 0.414 e. The zero-order valence-corrected chi connectivity index (χ0v) is 5.92. The molecule has 1 N–H and O–H groups in total. The lowest BCUT2D eigenvalue weighted by Gasteiger charge is -2.09. The number of hydrogen-bond donors (Lipinski definition) is 1. The van der Waals surface area contributed by atoms with Gasteiger partial charge in [0.25, 0.3) is 5.91 Å². The minimum absolute atomic E-state index is 0.213. The van der Waals surface area contributed by atoms with E-state index in [4.69, 9.17) is 5.11 Å². The van der Waals surface area contributed by atoms with Crippen LogP contribution in [0.2, 0.25) is 0 Å². The van der Waals surface area contributed by atoms with E-state index in [0.717, 1.165) is 0 Å². The maximum Gasteiger partial charge on any atom is 0.414 e. The van der Waals surface area contributed by atoms with Crippen molar-refractivity contribution in [2.45, 2.75) is 6.92 Å². The van der Waals surface area contributed by atoms with Crippen LogP contribution < -0.4 is 0 Å². The van der Waals surface area contributed by atoms with Gasteiger partial charge in [-0.1, -0.05) is 6.58 Å². The third-order valence-electron chi connectivity index (χ3n) is 0.957. The molecular formula is C6H9NO3. The molecule has 0 rings (SSSR count). The van der Waals surface area contributed by atoms with Crippen molar-refractivity contribution in [2.75, 3.05) is 7.05 Å². The van der Waals surface area contributed by atoms with E-state index >= 15 is 0 Å². The van der Waals surface area contributed by atoms with Crippen LogP contribution in [0.15, 0.2) is 12.2 Å². The summed E-state index contributed by atoms with van der Waals surface area (Å²) < 4.78 is 0. The van der Waals surface area contributed by atoms with E-state index in [1.54, 1.807) is 0 Å². The van der Waals surface area contributed by atoms with Gasteiger partial charge in [-0.15, -0.1) is 0 Å². The Bertz CT molecular complexity index is 185. The lowest BCUT2D eigenvalue weighted by molar-refractivity contribution is -0.124. The van der Waals surface area contributed by atoms with Crippen molar-refractivity contribution in [1.29, 1.82) is 0 Å². The van der Waals surface area contributed by atoms with Gasteiger partial charge in [0.05, 0.1) is 0 Å². The Labute approximate surface area is 58.8 Å². The van der Waals surface area contributed by atoms with Crippen molar-refractivity contribution in [1.82, 2.24) is 4.90 Å². The first-order chi connectivity index (χ1) is 4.46. The molecule has 0 saturated carbocycles. The Morgan fingerprint density at radius 1 is 1.50 bits per heavy atom.